The molecular weight excluding hydrogens is 511 g/mol. The maximum Gasteiger partial charge on any atom is 0.263 e. The Kier molecular flexibility index (Phi) is 8.15. The summed E-state index contributed by atoms with van der Waals surface area (Å²) >= 11 is 12.3. The molecule has 8 nitrogen and oxygen atoms in total. The molecule has 1 amide bonds. The molecule has 0 spiro atoms. The van der Waals surface area contributed by atoms with Crippen LogP contribution < -0.4 is 14.5 Å². The van der Waals surface area contributed by atoms with Gasteiger partial charge in [-0.15, -0.1) is 0 Å². The molecule has 0 bridgehead atoms. The molecule has 0 radical (unpaired) electrons. The number of sulfonamides is 1. The Labute approximate surface area is 215 Å². The van der Waals surface area contributed by atoms with Gasteiger partial charge in [0.1, 0.15) is 11.8 Å². The zero-order valence-electron chi connectivity index (χ0n) is 19.9. The Morgan fingerprint density at radius 2 is 1.71 bits per heavy atom. The van der Waals surface area contributed by atoms with E-state index in [1.807, 2.05) is 24.5 Å². The summed E-state index contributed by atoms with van der Waals surface area (Å²) in [6.07, 6.45) is 2.55. The van der Waals surface area contributed by atoms with Crippen molar-refractivity contribution in [1.82, 2.24) is 9.99 Å². The van der Waals surface area contributed by atoms with Crippen LogP contribution in [0.25, 0.3) is 5.69 Å². The zero-order valence-corrected chi connectivity index (χ0v) is 22.2. The van der Waals surface area contributed by atoms with E-state index in [-0.39, 0.29) is 0 Å². The van der Waals surface area contributed by atoms with Crippen molar-refractivity contribution in [1.29, 1.82) is 0 Å². The van der Waals surface area contributed by atoms with E-state index in [1.165, 1.54) is 20.2 Å². The molecule has 0 unspecified atom stereocenters. The quantitative estimate of drug-likeness (QED) is 0.333. The monoisotopic (exact) mass is 536 g/mol. The van der Waals surface area contributed by atoms with Crippen molar-refractivity contribution >= 4 is 51.0 Å². The molecule has 1 atom stereocenters. The summed E-state index contributed by atoms with van der Waals surface area (Å²) in [5.41, 5.74) is 6.13. The van der Waals surface area contributed by atoms with Crippen molar-refractivity contribution in [2.45, 2.75) is 26.8 Å². The first-order valence-corrected chi connectivity index (χ1v) is 13.1. The van der Waals surface area contributed by atoms with E-state index in [1.54, 1.807) is 42.5 Å². The minimum Gasteiger partial charge on any atom is -0.497 e. The Morgan fingerprint density at radius 3 is 2.26 bits per heavy atom. The first kappa shape index (κ1) is 26.6. The number of methoxy groups -OCH3 is 1. The third kappa shape index (κ3) is 6.17. The van der Waals surface area contributed by atoms with E-state index in [0.717, 1.165) is 33.2 Å². The summed E-state index contributed by atoms with van der Waals surface area (Å²) in [4.78, 5) is 12.8. The lowest BCUT2D eigenvalue weighted by Gasteiger charge is -2.27. The van der Waals surface area contributed by atoms with E-state index in [9.17, 15) is 13.2 Å². The maximum absolute atomic E-state index is 12.8. The number of hydrogen-bond donors (Lipinski definition) is 1. The number of ether oxygens (including phenoxy) is 1. The van der Waals surface area contributed by atoms with Gasteiger partial charge >= 0.3 is 0 Å². The van der Waals surface area contributed by atoms with Crippen molar-refractivity contribution in [3.63, 3.8) is 0 Å². The molecule has 2 aromatic carbocycles. The predicted octanol–water partition coefficient (Wildman–Crippen LogP) is 4.71. The number of aryl methyl sites for hydroxylation is 1. The van der Waals surface area contributed by atoms with Crippen molar-refractivity contribution in [3.05, 3.63) is 75.5 Å². The Hall–Kier alpha value is -3.01. The van der Waals surface area contributed by atoms with Crippen molar-refractivity contribution in [2.75, 3.05) is 17.7 Å². The highest BCUT2D eigenvalue weighted by Crippen LogP contribution is 2.26. The number of carbonyl (C=O) groups excluding carboxylic acids is 1. The molecule has 3 aromatic rings. The average molecular weight is 537 g/mol. The van der Waals surface area contributed by atoms with E-state index < -0.39 is 22.0 Å². The number of hydrogen-bond acceptors (Lipinski definition) is 5. The maximum atomic E-state index is 12.8. The molecule has 11 heteroatoms. The van der Waals surface area contributed by atoms with E-state index >= 15 is 0 Å². The number of amides is 1. The van der Waals surface area contributed by atoms with Crippen LogP contribution in [0.3, 0.4) is 0 Å². The molecular formula is C24H26Cl2N4O4S. The number of halogens is 2. The van der Waals surface area contributed by atoms with Gasteiger partial charge in [-0.1, -0.05) is 23.2 Å². The van der Waals surface area contributed by atoms with Crippen LogP contribution in [0.15, 0.2) is 53.6 Å². The molecule has 0 saturated carbocycles. The van der Waals surface area contributed by atoms with Crippen LogP contribution in [0.4, 0.5) is 5.69 Å². The fourth-order valence-corrected chi connectivity index (χ4v) is 5.47. The smallest absolute Gasteiger partial charge is 0.263 e. The number of aromatic nitrogens is 1. The molecule has 0 fully saturated rings. The molecule has 0 aliphatic carbocycles. The lowest BCUT2D eigenvalue weighted by Crippen LogP contribution is -2.46. The summed E-state index contributed by atoms with van der Waals surface area (Å²) in [5, 5.41) is 5.10. The molecule has 1 heterocycles. The summed E-state index contributed by atoms with van der Waals surface area (Å²) in [5.74, 6) is -0.0144. The first-order chi connectivity index (χ1) is 16.4. The lowest BCUT2D eigenvalue weighted by atomic mass is 10.2. The van der Waals surface area contributed by atoms with Gasteiger partial charge in [-0.05, 0) is 69.3 Å². The predicted molar refractivity (Wildman–Crippen MR) is 141 cm³/mol. The van der Waals surface area contributed by atoms with Crippen molar-refractivity contribution in [2.24, 2.45) is 5.10 Å². The van der Waals surface area contributed by atoms with Gasteiger partial charge in [0.15, 0.2) is 0 Å². The van der Waals surface area contributed by atoms with E-state index in [4.69, 9.17) is 27.9 Å². The molecule has 1 aromatic heterocycles. The second kappa shape index (κ2) is 10.7. The van der Waals surface area contributed by atoms with Gasteiger partial charge in [-0.2, -0.15) is 5.10 Å². The van der Waals surface area contributed by atoms with Gasteiger partial charge in [0, 0.05) is 32.7 Å². The molecule has 186 valence electrons. The minimum absolute atomic E-state index is 0.337. The highest BCUT2D eigenvalue weighted by Gasteiger charge is 2.29. The number of nitrogens with zero attached hydrogens (tertiary/aromatic N) is 3. The number of anilines is 1. The van der Waals surface area contributed by atoms with Crippen LogP contribution in [0, 0.1) is 13.8 Å². The number of carbonyl (C=O) groups is 1. The Balaban J connectivity index is 1.80. The van der Waals surface area contributed by atoms with E-state index in [2.05, 4.69) is 10.5 Å². The van der Waals surface area contributed by atoms with Crippen LogP contribution in [0.5, 0.6) is 5.75 Å². The third-order valence-electron chi connectivity index (χ3n) is 5.37. The number of hydrazone groups is 1. The number of benzene rings is 2. The van der Waals surface area contributed by atoms with Gasteiger partial charge in [-0.25, -0.2) is 13.8 Å². The molecule has 0 aliphatic heterocycles. The highest BCUT2D eigenvalue weighted by atomic mass is 35.5. The molecule has 1 N–H and O–H groups in total. The Morgan fingerprint density at radius 1 is 1.11 bits per heavy atom. The van der Waals surface area contributed by atoms with E-state index in [0.29, 0.717) is 21.5 Å². The largest absolute Gasteiger partial charge is 0.497 e. The lowest BCUT2D eigenvalue weighted by molar-refractivity contribution is -0.121. The van der Waals surface area contributed by atoms with Crippen LogP contribution >= 0.6 is 23.2 Å². The van der Waals surface area contributed by atoms with Gasteiger partial charge in [-0.3, -0.25) is 9.10 Å². The highest BCUT2D eigenvalue weighted by molar-refractivity contribution is 7.92. The Bertz CT molecular complexity index is 1350. The van der Waals surface area contributed by atoms with Crippen LogP contribution in [0.1, 0.15) is 23.9 Å². The first-order valence-electron chi connectivity index (χ1n) is 10.5. The van der Waals surface area contributed by atoms with Crippen molar-refractivity contribution < 1.29 is 17.9 Å². The molecule has 0 aliphatic rings. The van der Waals surface area contributed by atoms with Crippen LogP contribution in [-0.2, 0) is 14.8 Å². The van der Waals surface area contributed by atoms with Crippen LogP contribution in [0.2, 0.25) is 10.0 Å². The fourth-order valence-electron chi connectivity index (χ4n) is 3.78. The van der Waals surface area contributed by atoms with Gasteiger partial charge < -0.3 is 9.30 Å². The molecule has 35 heavy (non-hydrogen) atoms. The van der Waals surface area contributed by atoms with Gasteiger partial charge in [0.25, 0.3) is 5.91 Å². The minimum atomic E-state index is -3.75. The summed E-state index contributed by atoms with van der Waals surface area (Å²) in [6, 6.07) is 12.5. The average Bonchev–Trinajstić information content (AvgIpc) is 3.05. The molecule has 3 rings (SSSR count). The fraction of sp³-hybridized carbons (Fsp3) is 0.250. The number of rotatable bonds is 8. The van der Waals surface area contributed by atoms with Crippen LogP contribution in [-0.4, -0.2) is 44.5 Å². The zero-order chi connectivity index (χ0) is 25.9. The second-order valence-electron chi connectivity index (χ2n) is 7.96. The van der Waals surface area contributed by atoms with Gasteiger partial charge in [0.05, 0.1) is 25.3 Å². The summed E-state index contributed by atoms with van der Waals surface area (Å²) < 4.78 is 33.0. The molecule has 0 saturated heterocycles. The standard InChI is InChI=1S/C24H26Cl2N4O4S/c1-15-10-18(16(2)29(15)22-12-19(25)11-20(26)13-22)14-27-28-24(31)17(3)30(35(5,32)33)21-6-8-23(34-4)9-7-21/h6-14,17H,1-5H3,(H,28,31)/b27-14-/t17-/m1/s1. The topological polar surface area (TPSA) is 93.0 Å². The third-order valence-corrected chi connectivity index (χ3v) is 7.05. The number of nitrogens with one attached hydrogen (secondary N) is 1. The normalized spacial score (nSPS) is 12.5. The summed E-state index contributed by atoms with van der Waals surface area (Å²) in [6.45, 7) is 5.33. The van der Waals surface area contributed by atoms with Gasteiger partial charge in [0.2, 0.25) is 10.0 Å². The SMILES string of the molecule is COc1ccc(N([C@H](C)C(=O)N/N=C\c2cc(C)n(-c3cc(Cl)cc(Cl)c3)c2C)S(C)(=O)=O)cc1. The summed E-state index contributed by atoms with van der Waals surface area (Å²) in [7, 11) is -2.24. The van der Waals surface area contributed by atoms with Crippen molar-refractivity contribution in [3.8, 4) is 11.4 Å². The second-order valence-corrected chi connectivity index (χ2v) is 10.7.